The van der Waals surface area contributed by atoms with Gasteiger partial charge in [0.25, 0.3) is 0 Å². The Morgan fingerprint density at radius 1 is 1.36 bits per heavy atom. The van der Waals surface area contributed by atoms with Crippen LogP contribution in [-0.2, 0) is 0 Å². The number of allylic oxidation sites excluding steroid dienone is 1. The van der Waals surface area contributed by atoms with Crippen LogP contribution in [0.15, 0.2) is 12.3 Å². The van der Waals surface area contributed by atoms with Crippen molar-refractivity contribution in [3.05, 3.63) is 12.3 Å². The van der Waals surface area contributed by atoms with Gasteiger partial charge >= 0.3 is 0 Å². The molecule has 1 atom stereocenters. The molecule has 0 amide bonds. The second-order valence-electron chi connectivity index (χ2n) is 3.85. The predicted octanol–water partition coefficient (Wildman–Crippen LogP) is 2.64. The third-order valence-electron chi connectivity index (χ3n) is 2.73. The van der Waals surface area contributed by atoms with Gasteiger partial charge in [0, 0.05) is 18.3 Å². The summed E-state index contributed by atoms with van der Waals surface area (Å²) in [5, 5.41) is 0. The summed E-state index contributed by atoms with van der Waals surface area (Å²) in [4.78, 5) is 2.45. The van der Waals surface area contributed by atoms with Crippen molar-refractivity contribution in [2.45, 2.75) is 39.7 Å². The fourth-order valence-electron chi connectivity index (χ4n) is 1.61. The molecule has 1 aliphatic heterocycles. The second-order valence-corrected chi connectivity index (χ2v) is 3.85. The Bertz CT molecular complexity index is 149. The maximum absolute atomic E-state index is 4.06. The highest BCUT2D eigenvalue weighted by molar-refractivity contribution is 5.01. The van der Waals surface area contributed by atoms with Crippen molar-refractivity contribution in [3.8, 4) is 0 Å². The molecule has 1 saturated heterocycles. The first-order valence-electron chi connectivity index (χ1n) is 4.57. The summed E-state index contributed by atoms with van der Waals surface area (Å²) < 4.78 is 0. The Hall–Kier alpha value is -0.460. The number of hydrogen-bond donors (Lipinski definition) is 0. The van der Waals surface area contributed by atoms with Crippen molar-refractivity contribution in [1.29, 1.82) is 0 Å². The van der Waals surface area contributed by atoms with Crippen LogP contribution < -0.4 is 0 Å². The van der Waals surface area contributed by atoms with Gasteiger partial charge in [-0.15, -0.1) is 0 Å². The van der Waals surface area contributed by atoms with E-state index < -0.39 is 0 Å². The molecule has 0 aliphatic carbocycles. The van der Waals surface area contributed by atoms with Crippen LogP contribution in [0.1, 0.15) is 33.6 Å². The monoisotopic (exact) mass is 153 g/mol. The van der Waals surface area contributed by atoms with E-state index in [9.17, 15) is 0 Å². The van der Waals surface area contributed by atoms with E-state index in [0.29, 0.717) is 6.04 Å². The largest absolute Gasteiger partial charge is 0.372 e. The van der Waals surface area contributed by atoms with Crippen molar-refractivity contribution in [2.75, 3.05) is 6.54 Å². The molecule has 64 valence electrons. The summed E-state index contributed by atoms with van der Waals surface area (Å²) in [6, 6.07) is 0.671. The van der Waals surface area contributed by atoms with Gasteiger partial charge in [0.2, 0.25) is 0 Å². The van der Waals surface area contributed by atoms with Gasteiger partial charge in [0.05, 0.1) is 0 Å². The normalized spacial score (nSPS) is 21.5. The van der Waals surface area contributed by atoms with E-state index in [1.54, 1.807) is 0 Å². The Balaban J connectivity index is 2.52. The first-order chi connectivity index (χ1) is 5.13. The van der Waals surface area contributed by atoms with Crippen LogP contribution in [-0.4, -0.2) is 17.5 Å². The Morgan fingerprint density at radius 2 is 2.00 bits per heavy atom. The minimum absolute atomic E-state index is 0.671. The maximum atomic E-state index is 4.06. The first kappa shape index (κ1) is 8.63. The fourth-order valence-corrected chi connectivity index (χ4v) is 1.61. The standard InChI is InChI=1S/C10H19N/c1-8(2)10(4)11-7-5-6-9(11)3/h8,10H,3,5-7H2,1-2,4H3. The number of hydrogen-bond acceptors (Lipinski definition) is 1. The van der Waals surface area contributed by atoms with E-state index in [4.69, 9.17) is 0 Å². The van der Waals surface area contributed by atoms with Gasteiger partial charge in [-0.25, -0.2) is 0 Å². The summed E-state index contributed by atoms with van der Waals surface area (Å²) in [7, 11) is 0. The molecule has 0 aromatic heterocycles. The molecule has 0 spiro atoms. The van der Waals surface area contributed by atoms with E-state index in [0.717, 1.165) is 5.92 Å². The highest BCUT2D eigenvalue weighted by atomic mass is 15.2. The van der Waals surface area contributed by atoms with Crippen molar-refractivity contribution < 1.29 is 0 Å². The van der Waals surface area contributed by atoms with Gasteiger partial charge in [-0.1, -0.05) is 20.4 Å². The molecule has 1 heteroatoms. The van der Waals surface area contributed by atoms with Crippen LogP contribution in [0.3, 0.4) is 0 Å². The van der Waals surface area contributed by atoms with E-state index in [1.165, 1.54) is 25.1 Å². The number of rotatable bonds is 2. The highest BCUT2D eigenvalue weighted by Gasteiger charge is 2.21. The zero-order chi connectivity index (χ0) is 8.43. The topological polar surface area (TPSA) is 3.24 Å². The molecule has 0 saturated carbocycles. The molecular weight excluding hydrogens is 134 g/mol. The summed E-state index contributed by atoms with van der Waals surface area (Å²) in [5.41, 5.74) is 1.34. The van der Waals surface area contributed by atoms with E-state index in [1.807, 2.05) is 0 Å². The van der Waals surface area contributed by atoms with Gasteiger partial charge in [-0.2, -0.15) is 0 Å². The minimum atomic E-state index is 0.671. The Labute approximate surface area is 70.1 Å². The SMILES string of the molecule is C=C1CCCN1C(C)C(C)C. The molecule has 0 aromatic rings. The van der Waals surface area contributed by atoms with E-state index in [2.05, 4.69) is 32.3 Å². The van der Waals surface area contributed by atoms with E-state index in [-0.39, 0.29) is 0 Å². The molecule has 0 bridgehead atoms. The van der Waals surface area contributed by atoms with Crippen molar-refractivity contribution >= 4 is 0 Å². The lowest BCUT2D eigenvalue weighted by Crippen LogP contribution is -2.32. The summed E-state index contributed by atoms with van der Waals surface area (Å²) in [6.07, 6.45) is 2.51. The van der Waals surface area contributed by atoms with Crippen LogP contribution in [0.4, 0.5) is 0 Å². The van der Waals surface area contributed by atoms with Crippen LogP contribution >= 0.6 is 0 Å². The number of likely N-dealkylation sites (tertiary alicyclic amines) is 1. The molecule has 0 radical (unpaired) electrons. The van der Waals surface area contributed by atoms with Crippen LogP contribution in [0.5, 0.6) is 0 Å². The van der Waals surface area contributed by atoms with Gasteiger partial charge in [0.1, 0.15) is 0 Å². The fraction of sp³-hybridized carbons (Fsp3) is 0.800. The van der Waals surface area contributed by atoms with Gasteiger partial charge < -0.3 is 4.90 Å². The average Bonchev–Trinajstić information content (AvgIpc) is 2.33. The van der Waals surface area contributed by atoms with Gasteiger partial charge in [0.15, 0.2) is 0 Å². The molecule has 0 aromatic carbocycles. The molecule has 11 heavy (non-hydrogen) atoms. The van der Waals surface area contributed by atoms with Crippen LogP contribution in [0.2, 0.25) is 0 Å². The molecule has 1 rings (SSSR count). The summed E-state index contributed by atoms with van der Waals surface area (Å²) >= 11 is 0. The predicted molar refractivity (Wildman–Crippen MR) is 49.4 cm³/mol. The lowest BCUT2D eigenvalue weighted by atomic mass is 10.1. The molecule has 1 nitrogen and oxygen atoms in total. The molecule has 1 aliphatic rings. The zero-order valence-electron chi connectivity index (χ0n) is 7.93. The van der Waals surface area contributed by atoms with Crippen molar-refractivity contribution in [2.24, 2.45) is 5.92 Å². The molecule has 1 heterocycles. The molecule has 1 unspecified atom stereocenters. The Kier molecular flexibility index (Phi) is 2.58. The van der Waals surface area contributed by atoms with Crippen molar-refractivity contribution in [1.82, 2.24) is 4.90 Å². The molecule has 0 N–H and O–H groups in total. The summed E-state index contributed by atoms with van der Waals surface area (Å²) in [5.74, 6) is 0.741. The smallest absolute Gasteiger partial charge is 0.0281 e. The lowest BCUT2D eigenvalue weighted by molar-refractivity contribution is 0.245. The van der Waals surface area contributed by atoms with Crippen LogP contribution in [0, 0.1) is 5.92 Å². The van der Waals surface area contributed by atoms with Gasteiger partial charge in [-0.05, 0) is 25.7 Å². The van der Waals surface area contributed by atoms with E-state index >= 15 is 0 Å². The number of nitrogens with zero attached hydrogens (tertiary/aromatic N) is 1. The quantitative estimate of drug-likeness (QED) is 0.589. The lowest BCUT2D eigenvalue weighted by Gasteiger charge is -2.30. The zero-order valence-corrected chi connectivity index (χ0v) is 7.93. The minimum Gasteiger partial charge on any atom is -0.372 e. The highest BCUT2D eigenvalue weighted by Crippen LogP contribution is 2.24. The third-order valence-corrected chi connectivity index (χ3v) is 2.73. The average molecular weight is 153 g/mol. The second kappa shape index (κ2) is 3.29. The van der Waals surface area contributed by atoms with Crippen LogP contribution in [0.25, 0.3) is 0 Å². The molecule has 1 fully saturated rings. The van der Waals surface area contributed by atoms with Gasteiger partial charge in [-0.3, -0.25) is 0 Å². The first-order valence-corrected chi connectivity index (χ1v) is 4.57. The third kappa shape index (κ3) is 1.76. The summed E-state index contributed by atoms with van der Waals surface area (Å²) in [6.45, 7) is 12.1. The maximum Gasteiger partial charge on any atom is 0.0281 e. The van der Waals surface area contributed by atoms with Crippen molar-refractivity contribution in [3.63, 3.8) is 0 Å². The Morgan fingerprint density at radius 3 is 2.36 bits per heavy atom. The molecular formula is C10H19N.